The first-order valence-electron chi connectivity index (χ1n) is 6.19. The fourth-order valence-electron chi connectivity index (χ4n) is 3.64. The molecule has 2 rings (SSSR count). The molecule has 0 saturated heterocycles. The van der Waals surface area contributed by atoms with Crippen LogP contribution < -0.4 is 4.72 Å². The van der Waals surface area contributed by atoms with Gasteiger partial charge in [-0.3, -0.25) is 4.79 Å². The van der Waals surface area contributed by atoms with Gasteiger partial charge in [-0.1, -0.05) is 19.8 Å². The fourth-order valence-corrected chi connectivity index (χ4v) is 5.37. The Morgan fingerprint density at radius 3 is 2.61 bits per heavy atom. The van der Waals surface area contributed by atoms with Gasteiger partial charge in [-0.2, -0.15) is 0 Å². The highest BCUT2D eigenvalue weighted by Crippen LogP contribution is 2.64. The summed E-state index contributed by atoms with van der Waals surface area (Å²) in [6.07, 6.45) is 7.21. The first kappa shape index (κ1) is 13.6. The van der Waals surface area contributed by atoms with Crippen LogP contribution in [0.3, 0.4) is 0 Å². The van der Waals surface area contributed by atoms with E-state index in [0.29, 0.717) is 18.8 Å². The number of fused-ring (bicyclic) bond motifs is 2. The summed E-state index contributed by atoms with van der Waals surface area (Å²) in [6.45, 7) is 4.02. The largest absolute Gasteiger partial charge is 0.299 e. The molecule has 0 spiro atoms. The molecule has 4 nitrogen and oxygen atoms in total. The monoisotopic (exact) mass is 269 g/mol. The normalized spacial score (nSPS) is 33.6. The lowest BCUT2D eigenvalue weighted by molar-refractivity contribution is -0.128. The van der Waals surface area contributed by atoms with Gasteiger partial charge < -0.3 is 0 Å². The maximum atomic E-state index is 12.2. The minimum Gasteiger partial charge on any atom is -0.299 e. The molecule has 0 aliphatic heterocycles. The average molecular weight is 269 g/mol. The zero-order valence-electron chi connectivity index (χ0n) is 10.8. The molecular formula is C13H19NO3S. The number of carbonyl (C=O) groups is 1. The van der Waals surface area contributed by atoms with E-state index in [2.05, 4.69) is 10.6 Å². The van der Waals surface area contributed by atoms with E-state index in [4.69, 9.17) is 6.42 Å². The molecule has 2 saturated carbocycles. The molecule has 0 aromatic carbocycles. The number of sulfonamides is 1. The zero-order chi connectivity index (χ0) is 13.6. The fraction of sp³-hybridized carbons (Fsp3) is 0.769. The van der Waals surface area contributed by atoms with Gasteiger partial charge in [0.05, 0.1) is 12.3 Å². The van der Waals surface area contributed by atoms with Crippen LogP contribution in [0.5, 0.6) is 0 Å². The van der Waals surface area contributed by atoms with E-state index >= 15 is 0 Å². The number of rotatable bonds is 4. The Labute approximate surface area is 109 Å². The van der Waals surface area contributed by atoms with Crippen molar-refractivity contribution in [2.45, 2.75) is 33.1 Å². The van der Waals surface area contributed by atoms with E-state index in [0.717, 1.165) is 6.42 Å². The van der Waals surface area contributed by atoms with Crippen LogP contribution in [-0.2, 0) is 14.8 Å². The summed E-state index contributed by atoms with van der Waals surface area (Å²) in [4.78, 5) is 12.2. The predicted octanol–water partition coefficient (Wildman–Crippen LogP) is 0.934. The Hall–Kier alpha value is -0.860. The molecule has 2 aliphatic rings. The van der Waals surface area contributed by atoms with Gasteiger partial charge in [0.25, 0.3) is 0 Å². The number of hydrogen-bond acceptors (Lipinski definition) is 3. The number of terminal acetylenes is 1. The first-order valence-corrected chi connectivity index (χ1v) is 7.84. The molecular weight excluding hydrogens is 250 g/mol. The van der Waals surface area contributed by atoms with Crippen LogP contribution in [-0.4, -0.2) is 26.5 Å². The molecule has 0 aromatic rings. The highest BCUT2D eigenvalue weighted by atomic mass is 32.2. The molecule has 100 valence electrons. The lowest BCUT2D eigenvalue weighted by atomic mass is 9.70. The van der Waals surface area contributed by atoms with Crippen LogP contribution in [0, 0.1) is 29.1 Å². The number of ketones is 1. The molecule has 0 radical (unpaired) electrons. The van der Waals surface area contributed by atoms with Crippen molar-refractivity contribution in [1.82, 2.24) is 4.72 Å². The molecule has 0 heterocycles. The van der Waals surface area contributed by atoms with Crippen molar-refractivity contribution in [2.75, 3.05) is 12.3 Å². The quantitative estimate of drug-likeness (QED) is 0.772. The van der Waals surface area contributed by atoms with Gasteiger partial charge in [0.2, 0.25) is 10.0 Å². The Morgan fingerprint density at radius 1 is 1.50 bits per heavy atom. The Balaban J connectivity index is 2.27. The van der Waals surface area contributed by atoms with Crippen molar-refractivity contribution < 1.29 is 13.2 Å². The molecule has 1 unspecified atom stereocenters. The molecule has 2 atom stereocenters. The van der Waals surface area contributed by atoms with Gasteiger partial charge in [-0.25, -0.2) is 13.1 Å². The summed E-state index contributed by atoms with van der Waals surface area (Å²) in [6, 6.07) is 0. The molecule has 2 fully saturated rings. The molecule has 2 bridgehead atoms. The van der Waals surface area contributed by atoms with Crippen molar-refractivity contribution in [1.29, 1.82) is 0 Å². The summed E-state index contributed by atoms with van der Waals surface area (Å²) < 4.78 is 26.4. The van der Waals surface area contributed by atoms with E-state index < -0.39 is 15.4 Å². The van der Waals surface area contributed by atoms with Gasteiger partial charge in [0.1, 0.15) is 5.78 Å². The minimum atomic E-state index is -3.49. The van der Waals surface area contributed by atoms with Crippen LogP contribution in [0.25, 0.3) is 0 Å². The molecule has 1 N–H and O–H groups in total. The number of carbonyl (C=O) groups excluding carboxylic acids is 1. The van der Waals surface area contributed by atoms with Gasteiger partial charge in [0.15, 0.2) is 0 Å². The highest BCUT2D eigenvalue weighted by Gasteiger charge is 2.65. The van der Waals surface area contributed by atoms with Crippen molar-refractivity contribution in [3.8, 4) is 12.3 Å². The Morgan fingerprint density at radius 2 is 2.17 bits per heavy atom. The summed E-state index contributed by atoms with van der Waals surface area (Å²) in [7, 11) is -3.49. The third-order valence-electron chi connectivity index (χ3n) is 4.97. The topological polar surface area (TPSA) is 63.2 Å². The standard InChI is InChI=1S/C13H19NO3S/c1-4-7-14-18(16,17)9-13-6-5-10(8-11(13)15)12(13,2)3/h1,10,14H,5-9H2,2-3H3/t10?,13-/m0/s1. The number of nitrogens with one attached hydrogen (secondary N) is 1. The van der Waals surface area contributed by atoms with Crippen LogP contribution >= 0.6 is 0 Å². The molecule has 2 aliphatic carbocycles. The van der Waals surface area contributed by atoms with E-state index in [9.17, 15) is 13.2 Å². The summed E-state index contributed by atoms with van der Waals surface area (Å²) >= 11 is 0. The van der Waals surface area contributed by atoms with Crippen molar-refractivity contribution in [3.63, 3.8) is 0 Å². The third-order valence-corrected chi connectivity index (χ3v) is 6.43. The van der Waals surface area contributed by atoms with E-state index in [1.165, 1.54) is 0 Å². The van der Waals surface area contributed by atoms with E-state index in [-0.39, 0.29) is 23.5 Å². The van der Waals surface area contributed by atoms with Crippen LogP contribution in [0.1, 0.15) is 33.1 Å². The minimum absolute atomic E-state index is 0.0174. The molecule has 18 heavy (non-hydrogen) atoms. The van der Waals surface area contributed by atoms with E-state index in [1.807, 2.05) is 13.8 Å². The van der Waals surface area contributed by atoms with Gasteiger partial charge in [0, 0.05) is 11.8 Å². The van der Waals surface area contributed by atoms with Crippen molar-refractivity contribution in [3.05, 3.63) is 0 Å². The van der Waals surface area contributed by atoms with E-state index in [1.54, 1.807) is 0 Å². The predicted molar refractivity (Wildman–Crippen MR) is 69.2 cm³/mol. The summed E-state index contributed by atoms with van der Waals surface area (Å²) in [5.74, 6) is 2.56. The lowest BCUT2D eigenvalue weighted by Crippen LogP contribution is -2.45. The summed E-state index contributed by atoms with van der Waals surface area (Å²) in [5.41, 5.74) is -0.937. The second-order valence-corrected chi connectivity index (χ2v) is 7.76. The summed E-state index contributed by atoms with van der Waals surface area (Å²) in [5, 5.41) is 0. The number of hydrogen-bond donors (Lipinski definition) is 1. The van der Waals surface area contributed by atoms with Crippen molar-refractivity contribution >= 4 is 15.8 Å². The third kappa shape index (κ3) is 1.79. The highest BCUT2D eigenvalue weighted by molar-refractivity contribution is 7.89. The van der Waals surface area contributed by atoms with Crippen LogP contribution in [0.4, 0.5) is 0 Å². The van der Waals surface area contributed by atoms with Gasteiger partial charge in [-0.15, -0.1) is 6.42 Å². The molecule has 0 amide bonds. The first-order chi connectivity index (χ1) is 8.25. The Bertz CT molecular complexity index is 515. The molecule has 5 heteroatoms. The zero-order valence-corrected chi connectivity index (χ0v) is 11.6. The lowest BCUT2D eigenvalue weighted by Gasteiger charge is -2.36. The van der Waals surface area contributed by atoms with Crippen molar-refractivity contribution in [2.24, 2.45) is 16.7 Å². The maximum Gasteiger partial charge on any atom is 0.213 e. The molecule has 0 aromatic heterocycles. The van der Waals surface area contributed by atoms with Gasteiger partial charge >= 0.3 is 0 Å². The average Bonchev–Trinajstić information content (AvgIpc) is 2.59. The Kier molecular flexibility index (Phi) is 3.07. The second-order valence-electron chi connectivity index (χ2n) is 5.95. The SMILES string of the molecule is C#CCNS(=O)(=O)C[C@@]12CCC(CC1=O)C2(C)C. The van der Waals surface area contributed by atoms with Crippen LogP contribution in [0.2, 0.25) is 0 Å². The smallest absolute Gasteiger partial charge is 0.213 e. The van der Waals surface area contributed by atoms with Crippen LogP contribution in [0.15, 0.2) is 0 Å². The number of Topliss-reactive ketones (excluding diaryl/α,β-unsaturated/α-hetero) is 1. The second kappa shape index (κ2) is 4.07. The maximum absolute atomic E-state index is 12.2. The van der Waals surface area contributed by atoms with Gasteiger partial charge in [-0.05, 0) is 24.2 Å².